The van der Waals surface area contributed by atoms with Gasteiger partial charge in [-0.1, -0.05) is 48.5 Å². The summed E-state index contributed by atoms with van der Waals surface area (Å²) in [4.78, 5) is 32.2. The zero-order valence-electron chi connectivity index (χ0n) is 23.3. The summed E-state index contributed by atoms with van der Waals surface area (Å²) in [6.07, 6.45) is 2.74. The first-order valence-corrected chi connectivity index (χ1v) is 14.3. The van der Waals surface area contributed by atoms with Gasteiger partial charge in [0.15, 0.2) is 0 Å². The van der Waals surface area contributed by atoms with Crippen LogP contribution in [0, 0.1) is 0 Å². The standard InChI is InChI=1S/C33H37N5O3/c1-2-35-26-18-25(19-27(20-26)38-16-8-13-32(38)40)33(41)37-30(17-23-9-4-3-5-10-23)31(39)22-34-21-24-14-15-36-29-12-7-6-11-28(24)29/h3-7,9-12,14-15,18-20,30-31,34-35,39H,2,8,13,16-17,21-22H2,1H3,(H,37,41)/t30-,31+/m0/s1. The van der Waals surface area contributed by atoms with Crippen molar-refractivity contribution in [2.24, 2.45) is 0 Å². The lowest BCUT2D eigenvalue weighted by Crippen LogP contribution is -2.48. The third-order valence-electron chi connectivity index (χ3n) is 7.43. The summed E-state index contributed by atoms with van der Waals surface area (Å²) in [6, 6.07) is 24.7. The van der Waals surface area contributed by atoms with Gasteiger partial charge in [-0.25, -0.2) is 0 Å². The first kappa shape index (κ1) is 28.3. The molecule has 5 rings (SSSR count). The van der Waals surface area contributed by atoms with Crippen LogP contribution in [-0.4, -0.2) is 53.7 Å². The van der Waals surface area contributed by atoms with Crippen LogP contribution in [0.15, 0.2) is 85.1 Å². The fourth-order valence-corrected chi connectivity index (χ4v) is 5.33. The Hall–Kier alpha value is -4.27. The van der Waals surface area contributed by atoms with E-state index in [0.717, 1.165) is 34.1 Å². The Morgan fingerprint density at radius 1 is 1.05 bits per heavy atom. The van der Waals surface area contributed by atoms with Crippen LogP contribution in [0.25, 0.3) is 10.9 Å². The average molecular weight is 552 g/mol. The predicted octanol–water partition coefficient (Wildman–Crippen LogP) is 4.29. The predicted molar refractivity (Wildman–Crippen MR) is 163 cm³/mol. The Morgan fingerprint density at radius 3 is 2.63 bits per heavy atom. The summed E-state index contributed by atoms with van der Waals surface area (Å²) in [5.74, 6) is -0.229. The number of amides is 2. The number of nitrogens with one attached hydrogen (secondary N) is 3. The Kier molecular flexibility index (Phi) is 9.23. The molecular weight excluding hydrogens is 514 g/mol. The van der Waals surface area contributed by atoms with E-state index in [1.165, 1.54) is 0 Å². The summed E-state index contributed by atoms with van der Waals surface area (Å²) in [5.41, 5.74) is 4.97. The number of hydrogen-bond donors (Lipinski definition) is 4. The number of anilines is 2. The molecule has 3 aromatic carbocycles. The minimum absolute atomic E-state index is 0.0652. The number of nitrogens with zero attached hydrogens (tertiary/aromatic N) is 2. The minimum Gasteiger partial charge on any atom is -0.390 e. The third kappa shape index (κ3) is 7.09. The van der Waals surface area contributed by atoms with E-state index in [2.05, 4.69) is 20.9 Å². The van der Waals surface area contributed by atoms with Crippen LogP contribution in [0.4, 0.5) is 11.4 Å². The van der Waals surface area contributed by atoms with Gasteiger partial charge in [-0.15, -0.1) is 0 Å². The van der Waals surface area contributed by atoms with E-state index in [0.29, 0.717) is 50.3 Å². The molecule has 4 N–H and O–H groups in total. The van der Waals surface area contributed by atoms with Crippen LogP contribution >= 0.6 is 0 Å². The van der Waals surface area contributed by atoms with Gasteiger partial charge in [0.2, 0.25) is 5.91 Å². The molecule has 1 saturated heterocycles. The first-order valence-electron chi connectivity index (χ1n) is 14.3. The van der Waals surface area contributed by atoms with Crippen molar-refractivity contribution in [2.45, 2.75) is 44.9 Å². The lowest BCUT2D eigenvalue weighted by atomic mass is 10.00. The normalized spacial score (nSPS) is 14.7. The fraction of sp³-hybridized carbons (Fsp3) is 0.303. The Morgan fingerprint density at radius 2 is 1.85 bits per heavy atom. The molecule has 8 nitrogen and oxygen atoms in total. The van der Waals surface area contributed by atoms with Gasteiger partial charge in [0, 0.05) is 61.1 Å². The molecule has 0 saturated carbocycles. The number of aromatic nitrogens is 1. The topological polar surface area (TPSA) is 107 Å². The largest absolute Gasteiger partial charge is 0.390 e. The zero-order valence-corrected chi connectivity index (χ0v) is 23.3. The average Bonchev–Trinajstić information content (AvgIpc) is 3.43. The molecule has 8 heteroatoms. The van der Waals surface area contributed by atoms with Crippen LogP contribution in [0.1, 0.15) is 41.3 Å². The number of carbonyl (C=O) groups is 2. The second kappa shape index (κ2) is 13.4. The van der Waals surface area contributed by atoms with Gasteiger partial charge in [0.05, 0.1) is 17.7 Å². The number of aliphatic hydroxyl groups is 1. The first-order chi connectivity index (χ1) is 20.0. The van der Waals surface area contributed by atoms with Crippen molar-refractivity contribution >= 4 is 34.1 Å². The summed E-state index contributed by atoms with van der Waals surface area (Å²) in [5, 5.41) is 22.1. The van der Waals surface area contributed by atoms with Gasteiger partial charge in [-0.3, -0.25) is 14.6 Å². The second-order valence-corrected chi connectivity index (χ2v) is 10.4. The van der Waals surface area contributed by atoms with Crippen LogP contribution in [-0.2, 0) is 17.8 Å². The smallest absolute Gasteiger partial charge is 0.251 e. The van der Waals surface area contributed by atoms with Crippen molar-refractivity contribution in [1.82, 2.24) is 15.6 Å². The molecule has 1 aromatic heterocycles. The molecule has 0 unspecified atom stereocenters. The molecule has 2 heterocycles. The maximum atomic E-state index is 13.6. The van der Waals surface area contributed by atoms with E-state index in [4.69, 9.17) is 0 Å². The van der Waals surface area contributed by atoms with Crippen LogP contribution in [0.3, 0.4) is 0 Å². The van der Waals surface area contributed by atoms with Gasteiger partial charge in [0.1, 0.15) is 0 Å². The van der Waals surface area contributed by atoms with Crippen LogP contribution in [0.2, 0.25) is 0 Å². The molecule has 0 aliphatic carbocycles. The number of benzene rings is 3. The van der Waals surface area contributed by atoms with Crippen molar-refractivity contribution in [3.8, 4) is 0 Å². The molecule has 2 amide bonds. The molecular formula is C33H37N5O3. The van der Waals surface area contributed by atoms with Crippen LogP contribution in [0.5, 0.6) is 0 Å². The van der Waals surface area contributed by atoms with Crippen molar-refractivity contribution in [1.29, 1.82) is 0 Å². The highest BCUT2D eigenvalue weighted by atomic mass is 16.3. The maximum absolute atomic E-state index is 13.6. The van der Waals surface area contributed by atoms with Crippen LogP contribution < -0.4 is 20.9 Å². The molecule has 1 aliphatic heterocycles. The molecule has 1 fully saturated rings. The number of para-hydroxylation sites is 1. The van der Waals surface area contributed by atoms with Gasteiger partial charge in [-0.2, -0.15) is 0 Å². The molecule has 2 atom stereocenters. The molecule has 0 bridgehead atoms. The number of aliphatic hydroxyl groups excluding tert-OH is 1. The molecule has 4 aromatic rings. The molecule has 0 spiro atoms. The Bertz CT molecular complexity index is 1490. The SMILES string of the molecule is CCNc1cc(C(=O)N[C@@H](Cc2ccccc2)[C@H](O)CNCc2ccnc3ccccc23)cc(N2CCCC2=O)c1. The summed E-state index contributed by atoms with van der Waals surface area (Å²) in [6.45, 7) is 4.17. The van der Waals surface area contributed by atoms with Gasteiger partial charge in [0.25, 0.3) is 5.91 Å². The Balaban J connectivity index is 1.32. The lowest BCUT2D eigenvalue weighted by Gasteiger charge is -2.26. The van der Waals surface area contributed by atoms with E-state index in [1.807, 2.05) is 73.7 Å². The zero-order chi connectivity index (χ0) is 28.6. The Labute approximate surface area is 240 Å². The summed E-state index contributed by atoms with van der Waals surface area (Å²) >= 11 is 0. The fourth-order valence-electron chi connectivity index (χ4n) is 5.33. The number of carbonyl (C=O) groups excluding carboxylic acids is 2. The maximum Gasteiger partial charge on any atom is 0.251 e. The highest BCUT2D eigenvalue weighted by molar-refractivity contribution is 6.00. The number of rotatable bonds is 12. The molecule has 1 aliphatic rings. The molecule has 212 valence electrons. The van der Waals surface area contributed by atoms with Crippen molar-refractivity contribution in [2.75, 3.05) is 29.9 Å². The second-order valence-electron chi connectivity index (χ2n) is 10.4. The highest BCUT2D eigenvalue weighted by Crippen LogP contribution is 2.27. The van der Waals surface area contributed by atoms with E-state index in [1.54, 1.807) is 23.2 Å². The minimum atomic E-state index is -0.844. The van der Waals surface area contributed by atoms with E-state index in [9.17, 15) is 14.7 Å². The molecule has 41 heavy (non-hydrogen) atoms. The summed E-state index contributed by atoms with van der Waals surface area (Å²) in [7, 11) is 0. The van der Waals surface area contributed by atoms with E-state index in [-0.39, 0.29) is 11.8 Å². The highest BCUT2D eigenvalue weighted by Gasteiger charge is 2.26. The van der Waals surface area contributed by atoms with E-state index < -0.39 is 12.1 Å². The van der Waals surface area contributed by atoms with Crippen molar-refractivity contribution in [3.63, 3.8) is 0 Å². The monoisotopic (exact) mass is 551 g/mol. The van der Waals surface area contributed by atoms with Crippen molar-refractivity contribution < 1.29 is 14.7 Å². The van der Waals surface area contributed by atoms with Gasteiger partial charge >= 0.3 is 0 Å². The number of fused-ring (bicyclic) bond motifs is 1. The van der Waals surface area contributed by atoms with Gasteiger partial charge < -0.3 is 26.0 Å². The van der Waals surface area contributed by atoms with Gasteiger partial charge in [-0.05, 0) is 61.2 Å². The van der Waals surface area contributed by atoms with Crippen molar-refractivity contribution in [3.05, 3.63) is 102 Å². The third-order valence-corrected chi connectivity index (χ3v) is 7.43. The quantitative estimate of drug-likeness (QED) is 0.209. The molecule has 0 radical (unpaired) electrons. The number of pyridine rings is 1. The number of hydrogen-bond acceptors (Lipinski definition) is 6. The lowest BCUT2D eigenvalue weighted by molar-refractivity contribution is -0.117. The summed E-state index contributed by atoms with van der Waals surface area (Å²) < 4.78 is 0. The van der Waals surface area contributed by atoms with E-state index >= 15 is 0 Å².